The molecule has 0 N–H and O–H groups in total. The fourth-order valence-electron chi connectivity index (χ4n) is 3.59. The van der Waals surface area contributed by atoms with E-state index in [1.807, 2.05) is 0 Å². The van der Waals surface area contributed by atoms with Gasteiger partial charge in [0.1, 0.15) is 0 Å². The van der Waals surface area contributed by atoms with Crippen LogP contribution in [0, 0.1) is 0 Å². The molecule has 0 radical (unpaired) electrons. The molecule has 0 aromatic carbocycles. The zero-order valence-corrected chi connectivity index (χ0v) is 19.5. The summed E-state index contributed by atoms with van der Waals surface area (Å²) in [5.74, 6) is 0. The zero-order valence-electron chi connectivity index (χ0n) is 16.6. The molecule has 0 aromatic rings. The molecular weight excluding hydrogens is 407 g/mol. The fraction of sp³-hybridized carbons (Fsp3) is 1.00. The minimum atomic E-state index is -2.08. The number of unbranched alkanes of at least 4 members (excludes halogenated alkanes) is 3. The molecule has 0 atom stereocenters. The van der Waals surface area contributed by atoms with E-state index in [-0.39, 0.29) is 6.29 Å². The SMILES string of the molecule is CCC[CH2][Sn]([CH2]CCC)([CH2]CCC)[CH2]OCCCC1OCCCO1. The summed E-state index contributed by atoms with van der Waals surface area (Å²) in [4.78, 5) is 0. The molecule has 0 amide bonds. The van der Waals surface area contributed by atoms with Crippen LogP contribution in [0.1, 0.15) is 78.6 Å². The Morgan fingerprint density at radius 2 is 1.38 bits per heavy atom. The molecule has 4 heteroatoms. The first-order valence-corrected chi connectivity index (χ1v) is 18.6. The quantitative estimate of drug-likeness (QED) is 0.229. The van der Waals surface area contributed by atoms with Gasteiger partial charge in [-0.25, -0.2) is 0 Å². The van der Waals surface area contributed by atoms with Crippen LogP contribution in [0.15, 0.2) is 0 Å². The summed E-state index contributed by atoms with van der Waals surface area (Å²) < 4.78 is 23.3. The van der Waals surface area contributed by atoms with E-state index in [4.69, 9.17) is 14.2 Å². The first-order valence-electron chi connectivity index (χ1n) is 10.6. The maximum absolute atomic E-state index is 6.26. The summed E-state index contributed by atoms with van der Waals surface area (Å²) in [6, 6.07) is 0. The minimum absolute atomic E-state index is 0.0240. The van der Waals surface area contributed by atoms with Crippen molar-refractivity contribution in [2.45, 2.75) is 98.2 Å². The Balaban J connectivity index is 2.34. The van der Waals surface area contributed by atoms with Crippen LogP contribution in [0.2, 0.25) is 13.3 Å². The molecule has 1 saturated heterocycles. The summed E-state index contributed by atoms with van der Waals surface area (Å²) in [5.41, 5.74) is 0. The van der Waals surface area contributed by atoms with Gasteiger partial charge in [0.2, 0.25) is 0 Å². The molecule has 0 aliphatic carbocycles. The van der Waals surface area contributed by atoms with Crippen molar-refractivity contribution >= 4 is 18.4 Å². The molecule has 3 nitrogen and oxygen atoms in total. The van der Waals surface area contributed by atoms with E-state index in [1.54, 1.807) is 13.3 Å². The first-order chi connectivity index (χ1) is 11.8. The van der Waals surface area contributed by atoms with Gasteiger partial charge in [-0.1, -0.05) is 0 Å². The van der Waals surface area contributed by atoms with Gasteiger partial charge in [0.25, 0.3) is 0 Å². The van der Waals surface area contributed by atoms with E-state index < -0.39 is 18.4 Å². The van der Waals surface area contributed by atoms with Crippen molar-refractivity contribution in [3.63, 3.8) is 0 Å². The van der Waals surface area contributed by atoms with Gasteiger partial charge < -0.3 is 0 Å². The van der Waals surface area contributed by atoms with Crippen molar-refractivity contribution < 1.29 is 14.2 Å². The third-order valence-electron chi connectivity index (χ3n) is 5.21. The standard InChI is InChI=1S/C8H15O3.3C4H9.Sn/c1-9-5-2-4-8-10-6-3-7-11-8;3*1-3-4-2;/h8H,1-7H2;3*1,3-4H2,2H3;. The van der Waals surface area contributed by atoms with E-state index in [0.29, 0.717) is 0 Å². The van der Waals surface area contributed by atoms with Gasteiger partial charge in [-0.15, -0.1) is 0 Å². The topological polar surface area (TPSA) is 27.7 Å². The molecule has 0 spiro atoms. The van der Waals surface area contributed by atoms with Gasteiger partial charge in [0.05, 0.1) is 0 Å². The summed E-state index contributed by atoms with van der Waals surface area (Å²) in [7, 11) is 0. The van der Waals surface area contributed by atoms with Crippen molar-refractivity contribution in [3.05, 3.63) is 0 Å². The van der Waals surface area contributed by atoms with Crippen molar-refractivity contribution in [2.75, 3.05) is 24.4 Å². The van der Waals surface area contributed by atoms with E-state index in [1.165, 1.54) is 38.5 Å². The monoisotopic (exact) mass is 450 g/mol. The molecule has 0 bridgehead atoms. The van der Waals surface area contributed by atoms with Gasteiger partial charge >= 0.3 is 155 Å². The van der Waals surface area contributed by atoms with Crippen LogP contribution in [-0.2, 0) is 14.2 Å². The second kappa shape index (κ2) is 14.8. The Bertz CT molecular complexity index is 258. The fourth-order valence-corrected chi connectivity index (χ4v) is 18.1. The van der Waals surface area contributed by atoms with Gasteiger partial charge in [0, 0.05) is 0 Å². The number of hydrogen-bond donors (Lipinski definition) is 0. The molecule has 1 rings (SSSR count). The van der Waals surface area contributed by atoms with Crippen molar-refractivity contribution in [1.29, 1.82) is 0 Å². The van der Waals surface area contributed by atoms with Crippen LogP contribution in [0.3, 0.4) is 0 Å². The molecule has 0 saturated carbocycles. The van der Waals surface area contributed by atoms with Gasteiger partial charge in [-0.05, 0) is 0 Å². The Morgan fingerprint density at radius 1 is 0.833 bits per heavy atom. The van der Waals surface area contributed by atoms with Crippen molar-refractivity contribution in [1.82, 2.24) is 0 Å². The average molecular weight is 449 g/mol. The van der Waals surface area contributed by atoms with Gasteiger partial charge in [-0.3, -0.25) is 0 Å². The molecule has 144 valence electrons. The number of ether oxygens (including phenoxy) is 3. The molecule has 0 unspecified atom stereocenters. The molecule has 24 heavy (non-hydrogen) atoms. The molecule has 1 aliphatic heterocycles. The van der Waals surface area contributed by atoms with Crippen LogP contribution >= 0.6 is 0 Å². The van der Waals surface area contributed by atoms with Crippen molar-refractivity contribution in [3.8, 4) is 0 Å². The molecule has 1 heterocycles. The first kappa shape index (κ1) is 22.7. The van der Waals surface area contributed by atoms with Crippen LogP contribution in [0.4, 0.5) is 0 Å². The molecule has 0 aromatic heterocycles. The Hall–Kier alpha value is 0.679. The second-order valence-corrected chi connectivity index (χ2v) is 21.2. The van der Waals surface area contributed by atoms with Crippen LogP contribution in [-0.4, -0.2) is 49.1 Å². The summed E-state index contributed by atoms with van der Waals surface area (Å²) >= 11 is -2.08. The summed E-state index contributed by atoms with van der Waals surface area (Å²) in [6.45, 7) is 9.61. The van der Waals surface area contributed by atoms with E-state index >= 15 is 0 Å². The second-order valence-electron chi connectivity index (χ2n) is 7.53. The third kappa shape index (κ3) is 9.98. The normalized spacial score (nSPS) is 16.6. The summed E-state index contributed by atoms with van der Waals surface area (Å²) in [6.07, 6.45) is 11.4. The van der Waals surface area contributed by atoms with E-state index in [0.717, 1.165) is 43.7 Å². The van der Waals surface area contributed by atoms with Crippen LogP contribution in [0.25, 0.3) is 0 Å². The predicted molar refractivity (Wildman–Crippen MR) is 105 cm³/mol. The van der Waals surface area contributed by atoms with E-state index in [9.17, 15) is 0 Å². The maximum atomic E-state index is 6.26. The van der Waals surface area contributed by atoms with Crippen molar-refractivity contribution in [2.24, 2.45) is 0 Å². The molecule has 1 fully saturated rings. The zero-order chi connectivity index (χ0) is 17.5. The Kier molecular flexibility index (Phi) is 14.0. The van der Waals surface area contributed by atoms with Crippen LogP contribution in [0.5, 0.6) is 0 Å². The number of rotatable bonds is 15. The average Bonchev–Trinajstić information content (AvgIpc) is 2.63. The Morgan fingerprint density at radius 3 is 1.88 bits per heavy atom. The molecular formula is C20H42O3Sn. The van der Waals surface area contributed by atoms with Gasteiger partial charge in [-0.2, -0.15) is 0 Å². The summed E-state index contributed by atoms with van der Waals surface area (Å²) in [5, 5.41) is 0. The molecule has 1 aliphatic rings. The third-order valence-corrected chi connectivity index (χ3v) is 19.7. The number of hydrogen-bond acceptors (Lipinski definition) is 3. The predicted octanol–water partition coefficient (Wildman–Crippen LogP) is 5.93. The van der Waals surface area contributed by atoms with Crippen LogP contribution < -0.4 is 0 Å². The van der Waals surface area contributed by atoms with Gasteiger partial charge in [0.15, 0.2) is 0 Å². The Labute approximate surface area is 155 Å². The van der Waals surface area contributed by atoms with E-state index in [2.05, 4.69) is 20.8 Å².